The number of halogens is 1. The molecule has 4 rings (SSSR count). The Kier molecular flexibility index (Phi) is 6.61. The van der Waals surface area contributed by atoms with Crippen molar-refractivity contribution in [2.24, 2.45) is 0 Å². The van der Waals surface area contributed by atoms with Gasteiger partial charge in [-0.15, -0.1) is 0 Å². The van der Waals surface area contributed by atoms with Gasteiger partial charge in [0.25, 0.3) is 15.9 Å². The molecule has 0 aliphatic rings. The average Bonchev–Trinajstić information content (AvgIpc) is 2.79. The number of ether oxygens (including phenoxy) is 1. The zero-order valence-electron chi connectivity index (χ0n) is 16.8. The molecule has 0 atom stereocenters. The van der Waals surface area contributed by atoms with E-state index in [0.29, 0.717) is 17.1 Å². The fourth-order valence-corrected chi connectivity index (χ4v) is 4.53. The van der Waals surface area contributed by atoms with Crippen molar-refractivity contribution in [3.8, 4) is 5.75 Å². The first kappa shape index (κ1) is 22.1. The van der Waals surface area contributed by atoms with Crippen molar-refractivity contribution in [3.63, 3.8) is 0 Å². The zero-order chi connectivity index (χ0) is 22.6. The van der Waals surface area contributed by atoms with Gasteiger partial charge >= 0.3 is 0 Å². The van der Waals surface area contributed by atoms with Crippen molar-refractivity contribution >= 4 is 60.7 Å². The Morgan fingerprint density at radius 3 is 2.22 bits per heavy atom. The SMILES string of the molecule is O=C(COc1cccc2ccccc12)Nc1ccc(S(=O)(=O)Nc2ccc(I)cc2)cc1. The van der Waals surface area contributed by atoms with Crippen LogP contribution in [0.3, 0.4) is 0 Å². The number of sulfonamides is 1. The molecule has 8 heteroatoms. The maximum absolute atomic E-state index is 12.6. The van der Waals surface area contributed by atoms with E-state index in [2.05, 4.69) is 32.6 Å². The average molecular weight is 558 g/mol. The quantitative estimate of drug-likeness (QED) is 0.303. The Bertz CT molecular complexity index is 1350. The fourth-order valence-electron chi connectivity index (χ4n) is 3.11. The Morgan fingerprint density at radius 1 is 0.812 bits per heavy atom. The highest BCUT2D eigenvalue weighted by molar-refractivity contribution is 14.1. The van der Waals surface area contributed by atoms with E-state index in [1.54, 1.807) is 12.1 Å². The molecule has 162 valence electrons. The van der Waals surface area contributed by atoms with E-state index < -0.39 is 10.0 Å². The molecule has 4 aromatic carbocycles. The summed E-state index contributed by atoms with van der Waals surface area (Å²) in [5, 5.41) is 4.67. The molecule has 0 aliphatic heterocycles. The second-order valence-electron chi connectivity index (χ2n) is 6.95. The van der Waals surface area contributed by atoms with Gasteiger partial charge in [0.15, 0.2) is 6.61 Å². The van der Waals surface area contributed by atoms with Gasteiger partial charge < -0.3 is 10.1 Å². The maximum atomic E-state index is 12.6. The van der Waals surface area contributed by atoms with Gasteiger partial charge in [0.1, 0.15) is 5.75 Å². The number of rotatable bonds is 7. The van der Waals surface area contributed by atoms with Crippen LogP contribution in [0.15, 0.2) is 95.9 Å². The minimum Gasteiger partial charge on any atom is -0.483 e. The first-order valence-corrected chi connectivity index (χ1v) is 12.3. The fraction of sp³-hybridized carbons (Fsp3) is 0.0417. The summed E-state index contributed by atoms with van der Waals surface area (Å²) in [4.78, 5) is 12.4. The lowest BCUT2D eigenvalue weighted by molar-refractivity contribution is -0.118. The van der Waals surface area contributed by atoms with Crippen molar-refractivity contribution in [2.75, 3.05) is 16.6 Å². The maximum Gasteiger partial charge on any atom is 0.262 e. The van der Waals surface area contributed by atoms with Gasteiger partial charge in [0.05, 0.1) is 4.90 Å². The molecule has 0 bridgehead atoms. The summed E-state index contributed by atoms with van der Waals surface area (Å²) in [5.74, 6) is 0.284. The minimum atomic E-state index is -3.73. The van der Waals surface area contributed by atoms with E-state index in [1.807, 2.05) is 54.6 Å². The topological polar surface area (TPSA) is 84.5 Å². The van der Waals surface area contributed by atoms with E-state index in [9.17, 15) is 13.2 Å². The number of anilines is 2. The van der Waals surface area contributed by atoms with Crippen LogP contribution in [0.25, 0.3) is 10.8 Å². The van der Waals surface area contributed by atoms with Crippen LogP contribution in [0.5, 0.6) is 5.75 Å². The predicted octanol–water partition coefficient (Wildman–Crippen LogP) is 5.26. The van der Waals surface area contributed by atoms with Crippen molar-refractivity contribution < 1.29 is 17.9 Å². The van der Waals surface area contributed by atoms with Gasteiger partial charge in [-0.1, -0.05) is 36.4 Å². The molecule has 2 N–H and O–H groups in total. The van der Waals surface area contributed by atoms with Crippen molar-refractivity contribution in [1.29, 1.82) is 0 Å². The van der Waals surface area contributed by atoms with Crippen LogP contribution in [-0.4, -0.2) is 20.9 Å². The molecule has 0 heterocycles. The van der Waals surface area contributed by atoms with E-state index in [0.717, 1.165) is 14.3 Å². The molecular weight excluding hydrogens is 539 g/mol. The highest BCUT2D eigenvalue weighted by atomic mass is 127. The lowest BCUT2D eigenvalue weighted by Crippen LogP contribution is -2.20. The molecule has 0 saturated heterocycles. The van der Waals surface area contributed by atoms with Crippen molar-refractivity contribution in [3.05, 3.63) is 94.6 Å². The lowest BCUT2D eigenvalue weighted by atomic mass is 10.1. The number of carbonyl (C=O) groups is 1. The summed E-state index contributed by atoms with van der Waals surface area (Å²) in [6, 6.07) is 26.4. The number of hydrogen-bond acceptors (Lipinski definition) is 4. The second kappa shape index (κ2) is 9.58. The normalized spacial score (nSPS) is 11.2. The first-order valence-electron chi connectivity index (χ1n) is 9.70. The second-order valence-corrected chi connectivity index (χ2v) is 9.88. The summed E-state index contributed by atoms with van der Waals surface area (Å²) < 4.78 is 34.4. The summed E-state index contributed by atoms with van der Waals surface area (Å²) in [6.07, 6.45) is 0. The molecule has 0 radical (unpaired) electrons. The third kappa shape index (κ3) is 5.38. The van der Waals surface area contributed by atoms with Crippen LogP contribution in [0.1, 0.15) is 0 Å². The van der Waals surface area contributed by atoms with Crippen LogP contribution in [-0.2, 0) is 14.8 Å². The highest BCUT2D eigenvalue weighted by Gasteiger charge is 2.14. The molecular formula is C24H19IN2O4S. The third-order valence-corrected chi connectivity index (χ3v) is 6.77. The Balaban J connectivity index is 1.37. The van der Waals surface area contributed by atoms with Gasteiger partial charge in [0.2, 0.25) is 0 Å². The summed E-state index contributed by atoms with van der Waals surface area (Å²) in [6.45, 7) is -0.164. The van der Waals surface area contributed by atoms with Crippen LogP contribution < -0.4 is 14.8 Å². The zero-order valence-corrected chi connectivity index (χ0v) is 19.8. The third-order valence-electron chi connectivity index (χ3n) is 4.65. The molecule has 0 fully saturated rings. The largest absolute Gasteiger partial charge is 0.483 e. The number of hydrogen-bond donors (Lipinski definition) is 2. The molecule has 0 unspecified atom stereocenters. The van der Waals surface area contributed by atoms with Gasteiger partial charge in [0, 0.05) is 20.3 Å². The number of benzene rings is 4. The van der Waals surface area contributed by atoms with Crippen LogP contribution in [0, 0.1) is 3.57 Å². The smallest absolute Gasteiger partial charge is 0.262 e. The van der Waals surface area contributed by atoms with Gasteiger partial charge in [-0.3, -0.25) is 9.52 Å². The molecule has 0 aromatic heterocycles. The summed E-state index contributed by atoms with van der Waals surface area (Å²) in [7, 11) is -3.73. The van der Waals surface area contributed by atoms with Crippen LogP contribution in [0.2, 0.25) is 0 Å². The Morgan fingerprint density at radius 2 is 1.47 bits per heavy atom. The van der Waals surface area contributed by atoms with E-state index in [-0.39, 0.29) is 17.4 Å². The molecule has 32 heavy (non-hydrogen) atoms. The standard InChI is InChI=1S/C24H19IN2O4S/c25-18-8-10-20(11-9-18)27-32(29,30)21-14-12-19(13-15-21)26-24(28)16-31-23-7-3-5-17-4-1-2-6-22(17)23/h1-15,27H,16H2,(H,26,28). The lowest BCUT2D eigenvalue weighted by Gasteiger charge is -2.11. The number of carbonyl (C=O) groups excluding carboxylic acids is 1. The van der Waals surface area contributed by atoms with E-state index >= 15 is 0 Å². The summed E-state index contributed by atoms with van der Waals surface area (Å²) in [5.41, 5.74) is 0.957. The first-order chi connectivity index (χ1) is 15.4. The van der Waals surface area contributed by atoms with E-state index in [1.165, 1.54) is 24.3 Å². The number of fused-ring (bicyclic) bond motifs is 1. The van der Waals surface area contributed by atoms with Gasteiger partial charge in [-0.25, -0.2) is 8.42 Å². The predicted molar refractivity (Wildman–Crippen MR) is 134 cm³/mol. The van der Waals surface area contributed by atoms with E-state index in [4.69, 9.17) is 4.74 Å². The number of amides is 1. The van der Waals surface area contributed by atoms with Crippen LogP contribution in [0.4, 0.5) is 11.4 Å². The highest BCUT2D eigenvalue weighted by Crippen LogP contribution is 2.25. The van der Waals surface area contributed by atoms with Crippen molar-refractivity contribution in [2.45, 2.75) is 4.90 Å². The molecule has 1 amide bonds. The summed E-state index contributed by atoms with van der Waals surface area (Å²) >= 11 is 2.15. The molecule has 0 spiro atoms. The monoisotopic (exact) mass is 558 g/mol. The molecule has 6 nitrogen and oxygen atoms in total. The molecule has 0 aliphatic carbocycles. The molecule has 4 aromatic rings. The van der Waals surface area contributed by atoms with Crippen molar-refractivity contribution in [1.82, 2.24) is 0 Å². The van der Waals surface area contributed by atoms with Gasteiger partial charge in [-0.2, -0.15) is 0 Å². The Hall–Kier alpha value is -3.11. The number of nitrogens with one attached hydrogen (secondary N) is 2. The van der Waals surface area contributed by atoms with Crippen LogP contribution >= 0.6 is 22.6 Å². The molecule has 0 saturated carbocycles. The Labute approximate surface area is 199 Å². The minimum absolute atomic E-state index is 0.0982. The van der Waals surface area contributed by atoms with Gasteiger partial charge in [-0.05, 0) is 82.6 Å².